The third-order valence-corrected chi connectivity index (χ3v) is 4.30. The Labute approximate surface area is 151 Å². The summed E-state index contributed by atoms with van der Waals surface area (Å²) in [6.45, 7) is 0.590. The van der Waals surface area contributed by atoms with Crippen LogP contribution in [0.25, 0.3) is 10.9 Å². The molecule has 3 aromatic rings. The van der Waals surface area contributed by atoms with Crippen molar-refractivity contribution in [2.45, 2.75) is 13.0 Å². The number of amides is 1. The Hall–Kier alpha value is -2.66. The largest absolute Gasteiger partial charge is 0.495 e. The van der Waals surface area contributed by atoms with Crippen molar-refractivity contribution in [3.05, 3.63) is 53.7 Å². The van der Waals surface area contributed by atoms with E-state index >= 15 is 0 Å². The predicted octanol–water partition coefficient (Wildman–Crippen LogP) is 4.34. The monoisotopic (exact) mass is 358 g/mol. The molecular formula is C19H19ClN2O3. The molecule has 6 heteroatoms. The number of anilines is 1. The van der Waals surface area contributed by atoms with Gasteiger partial charge >= 0.3 is 0 Å². The smallest absolute Gasteiger partial charge is 0.226 e. The average Bonchev–Trinajstić information content (AvgIpc) is 3.04. The van der Waals surface area contributed by atoms with Gasteiger partial charge in [0.1, 0.15) is 11.5 Å². The summed E-state index contributed by atoms with van der Waals surface area (Å²) in [5.74, 6) is 0.861. The van der Waals surface area contributed by atoms with Gasteiger partial charge in [-0.2, -0.15) is 0 Å². The van der Waals surface area contributed by atoms with E-state index in [1.165, 1.54) is 14.2 Å². The number of benzene rings is 2. The molecule has 1 amide bonds. The number of ether oxygens (including phenoxy) is 2. The van der Waals surface area contributed by atoms with E-state index in [-0.39, 0.29) is 5.91 Å². The molecule has 0 saturated heterocycles. The average molecular weight is 359 g/mol. The van der Waals surface area contributed by atoms with Crippen LogP contribution in [0.1, 0.15) is 6.42 Å². The van der Waals surface area contributed by atoms with Crippen LogP contribution in [0.5, 0.6) is 11.5 Å². The molecule has 0 atom stereocenters. The van der Waals surface area contributed by atoms with Gasteiger partial charge in [-0.15, -0.1) is 0 Å². The number of hydrogen-bond acceptors (Lipinski definition) is 3. The van der Waals surface area contributed by atoms with Gasteiger partial charge in [0.25, 0.3) is 0 Å². The highest BCUT2D eigenvalue weighted by Gasteiger charge is 2.13. The molecule has 0 aliphatic heterocycles. The highest BCUT2D eigenvalue weighted by atomic mass is 35.5. The Bertz CT molecular complexity index is 905. The number of carbonyl (C=O) groups is 1. The molecule has 0 saturated carbocycles. The number of rotatable bonds is 6. The van der Waals surface area contributed by atoms with Crippen LogP contribution in [-0.2, 0) is 11.3 Å². The summed E-state index contributed by atoms with van der Waals surface area (Å²) in [4.78, 5) is 12.3. The Morgan fingerprint density at radius 3 is 2.64 bits per heavy atom. The molecule has 3 rings (SSSR count). The first kappa shape index (κ1) is 17.2. The Morgan fingerprint density at radius 2 is 1.88 bits per heavy atom. The number of aryl methyl sites for hydroxylation is 1. The quantitative estimate of drug-likeness (QED) is 0.713. The second-order valence-electron chi connectivity index (χ2n) is 5.55. The van der Waals surface area contributed by atoms with Gasteiger partial charge in [0.15, 0.2) is 0 Å². The molecular weight excluding hydrogens is 340 g/mol. The summed E-state index contributed by atoms with van der Waals surface area (Å²) < 4.78 is 12.5. The second-order valence-corrected chi connectivity index (χ2v) is 5.96. The van der Waals surface area contributed by atoms with Gasteiger partial charge in [0.2, 0.25) is 5.91 Å². The minimum absolute atomic E-state index is 0.111. The number of hydrogen-bond donors (Lipinski definition) is 1. The molecule has 25 heavy (non-hydrogen) atoms. The van der Waals surface area contributed by atoms with E-state index in [1.807, 2.05) is 30.5 Å². The number of methoxy groups -OCH3 is 2. The van der Waals surface area contributed by atoms with Gasteiger partial charge in [-0.3, -0.25) is 4.79 Å². The van der Waals surface area contributed by atoms with Crippen LogP contribution in [0.2, 0.25) is 5.02 Å². The third kappa shape index (κ3) is 3.72. The lowest BCUT2D eigenvalue weighted by Crippen LogP contribution is -2.15. The van der Waals surface area contributed by atoms with Crippen molar-refractivity contribution in [1.82, 2.24) is 4.57 Å². The fraction of sp³-hybridized carbons (Fsp3) is 0.211. The van der Waals surface area contributed by atoms with E-state index in [1.54, 1.807) is 12.1 Å². The van der Waals surface area contributed by atoms with Crippen molar-refractivity contribution in [3.8, 4) is 11.5 Å². The molecule has 1 N–H and O–H groups in total. The van der Waals surface area contributed by atoms with E-state index in [2.05, 4.69) is 16.0 Å². The highest BCUT2D eigenvalue weighted by Crippen LogP contribution is 2.35. The number of halogens is 1. The van der Waals surface area contributed by atoms with Crippen molar-refractivity contribution in [2.75, 3.05) is 19.5 Å². The van der Waals surface area contributed by atoms with Gasteiger partial charge in [-0.25, -0.2) is 0 Å². The maximum absolute atomic E-state index is 12.3. The topological polar surface area (TPSA) is 52.5 Å². The van der Waals surface area contributed by atoms with Crippen molar-refractivity contribution in [2.24, 2.45) is 0 Å². The summed E-state index contributed by atoms with van der Waals surface area (Å²) in [6, 6.07) is 13.4. The summed E-state index contributed by atoms with van der Waals surface area (Å²) in [7, 11) is 3.05. The number of nitrogens with one attached hydrogen (secondary N) is 1. The molecule has 1 heterocycles. The molecule has 130 valence electrons. The van der Waals surface area contributed by atoms with Gasteiger partial charge < -0.3 is 19.4 Å². The zero-order valence-electron chi connectivity index (χ0n) is 14.1. The highest BCUT2D eigenvalue weighted by molar-refractivity contribution is 6.32. The molecule has 0 spiro atoms. The molecule has 0 bridgehead atoms. The first-order valence-corrected chi connectivity index (χ1v) is 8.25. The van der Waals surface area contributed by atoms with Crippen LogP contribution >= 0.6 is 11.6 Å². The van der Waals surface area contributed by atoms with Crippen molar-refractivity contribution in [3.63, 3.8) is 0 Å². The van der Waals surface area contributed by atoms with Gasteiger partial charge in [-0.1, -0.05) is 29.8 Å². The number of aromatic nitrogens is 1. The van der Waals surface area contributed by atoms with Crippen LogP contribution in [0.15, 0.2) is 48.7 Å². The van der Waals surface area contributed by atoms with Crippen molar-refractivity contribution < 1.29 is 14.3 Å². The molecule has 0 unspecified atom stereocenters. The Morgan fingerprint density at radius 1 is 1.12 bits per heavy atom. The third-order valence-electron chi connectivity index (χ3n) is 4.01. The lowest BCUT2D eigenvalue weighted by molar-refractivity contribution is -0.116. The molecule has 0 fully saturated rings. The normalized spacial score (nSPS) is 10.7. The summed E-state index contributed by atoms with van der Waals surface area (Å²) in [6.07, 6.45) is 2.33. The Balaban J connectivity index is 1.70. The van der Waals surface area contributed by atoms with E-state index in [9.17, 15) is 4.79 Å². The van der Waals surface area contributed by atoms with Gasteiger partial charge in [0.05, 0.1) is 24.9 Å². The standard InChI is InChI=1S/C19H19ClN2O3/c1-24-17-12-15(18(25-2)11-14(17)20)21-19(23)8-10-22-9-7-13-5-3-4-6-16(13)22/h3-7,9,11-12H,8,10H2,1-2H3,(H,21,23). The van der Waals surface area contributed by atoms with Gasteiger partial charge in [-0.05, 0) is 17.5 Å². The summed E-state index contributed by atoms with van der Waals surface area (Å²) in [5.41, 5.74) is 1.65. The van der Waals surface area contributed by atoms with Crippen LogP contribution < -0.4 is 14.8 Å². The molecule has 1 aromatic heterocycles. The van der Waals surface area contributed by atoms with Crippen LogP contribution in [0.4, 0.5) is 5.69 Å². The zero-order chi connectivity index (χ0) is 17.8. The summed E-state index contributed by atoms with van der Waals surface area (Å²) >= 11 is 6.08. The number of para-hydroxylation sites is 1. The first-order valence-electron chi connectivity index (χ1n) is 7.87. The number of fused-ring (bicyclic) bond motifs is 1. The molecule has 0 radical (unpaired) electrons. The fourth-order valence-corrected chi connectivity index (χ4v) is 2.96. The van der Waals surface area contributed by atoms with Crippen molar-refractivity contribution in [1.29, 1.82) is 0 Å². The van der Waals surface area contributed by atoms with Gasteiger partial charge in [0, 0.05) is 36.8 Å². The fourth-order valence-electron chi connectivity index (χ4n) is 2.73. The lowest BCUT2D eigenvalue weighted by Gasteiger charge is -2.13. The Kier molecular flexibility index (Phi) is 5.14. The zero-order valence-corrected chi connectivity index (χ0v) is 14.8. The van der Waals surface area contributed by atoms with E-state index < -0.39 is 0 Å². The molecule has 5 nitrogen and oxygen atoms in total. The van der Waals surface area contributed by atoms with E-state index in [4.69, 9.17) is 21.1 Å². The van der Waals surface area contributed by atoms with Crippen LogP contribution in [-0.4, -0.2) is 24.7 Å². The van der Waals surface area contributed by atoms with E-state index in [0.717, 1.165) is 10.9 Å². The molecule has 0 aliphatic carbocycles. The summed E-state index contributed by atoms with van der Waals surface area (Å²) in [5, 5.41) is 4.44. The maximum Gasteiger partial charge on any atom is 0.226 e. The van der Waals surface area contributed by atoms with Crippen LogP contribution in [0, 0.1) is 0 Å². The minimum atomic E-state index is -0.111. The number of carbonyl (C=O) groups excluding carboxylic acids is 1. The van der Waals surface area contributed by atoms with Crippen LogP contribution in [0.3, 0.4) is 0 Å². The molecule has 0 aliphatic rings. The SMILES string of the molecule is COc1cc(NC(=O)CCn2ccc3ccccc32)c(OC)cc1Cl. The van der Waals surface area contributed by atoms with Crippen molar-refractivity contribution >= 4 is 34.1 Å². The lowest BCUT2D eigenvalue weighted by atomic mass is 10.2. The van der Waals surface area contributed by atoms with E-state index in [0.29, 0.717) is 35.2 Å². The first-order chi connectivity index (χ1) is 12.1. The molecule has 2 aromatic carbocycles. The second kappa shape index (κ2) is 7.49. The number of nitrogens with zero attached hydrogens (tertiary/aromatic N) is 1. The minimum Gasteiger partial charge on any atom is -0.495 e. The predicted molar refractivity (Wildman–Crippen MR) is 99.7 cm³/mol. The maximum atomic E-state index is 12.3.